The van der Waals surface area contributed by atoms with Crippen molar-refractivity contribution in [2.75, 3.05) is 26.2 Å². The Morgan fingerprint density at radius 3 is 2.24 bits per heavy atom. The van der Waals surface area contributed by atoms with Crippen molar-refractivity contribution in [3.63, 3.8) is 0 Å². The molecule has 1 saturated carbocycles. The molecular weight excluding hydrogens is 432 g/mol. The van der Waals surface area contributed by atoms with Gasteiger partial charge in [0.05, 0.1) is 12.5 Å². The van der Waals surface area contributed by atoms with Crippen LogP contribution in [-0.2, 0) is 14.3 Å². The lowest BCUT2D eigenvalue weighted by atomic mass is 9.75. The molecule has 0 saturated heterocycles. The number of benzene rings is 2. The average Bonchev–Trinajstić information content (AvgIpc) is 3.12. The molecule has 0 spiro atoms. The smallest absolute Gasteiger partial charge is 0.407 e. The van der Waals surface area contributed by atoms with E-state index < -0.39 is 24.5 Å². The molecule has 4 rings (SSSR count). The highest BCUT2D eigenvalue weighted by Gasteiger charge is 2.36. The zero-order chi connectivity index (χ0) is 24.1. The molecule has 2 N–H and O–H groups in total. The van der Waals surface area contributed by atoms with E-state index in [0.29, 0.717) is 0 Å². The molecule has 2 amide bonds. The summed E-state index contributed by atoms with van der Waals surface area (Å²) in [7, 11) is 0. The Morgan fingerprint density at radius 1 is 1.09 bits per heavy atom. The number of carbonyl (C=O) groups is 3. The van der Waals surface area contributed by atoms with Crippen LogP contribution >= 0.6 is 0 Å². The molecule has 1 unspecified atom stereocenters. The fraction of sp³-hybridized carbons (Fsp3) is 0.370. The zero-order valence-electron chi connectivity index (χ0n) is 18.9. The molecule has 7 nitrogen and oxygen atoms in total. The number of alkyl carbamates (subject to hydrolysis) is 1. The summed E-state index contributed by atoms with van der Waals surface area (Å²) >= 11 is 0. The molecule has 34 heavy (non-hydrogen) atoms. The number of carboxylic acids is 1. The summed E-state index contributed by atoms with van der Waals surface area (Å²) in [4.78, 5) is 37.9. The zero-order valence-corrected chi connectivity index (χ0v) is 18.9. The molecule has 2 aromatic rings. The van der Waals surface area contributed by atoms with Crippen LogP contribution in [0, 0.1) is 24.2 Å². The molecule has 7 heteroatoms. The number of hydrogen-bond acceptors (Lipinski definition) is 4. The van der Waals surface area contributed by atoms with Gasteiger partial charge in [-0.05, 0) is 41.0 Å². The van der Waals surface area contributed by atoms with Gasteiger partial charge in [-0.3, -0.25) is 9.59 Å². The third kappa shape index (κ3) is 4.91. The normalized spacial score (nSPS) is 15.3. The van der Waals surface area contributed by atoms with Crippen molar-refractivity contribution >= 4 is 18.0 Å². The second-order valence-corrected chi connectivity index (χ2v) is 8.80. The topological polar surface area (TPSA) is 95.9 Å². The molecule has 2 aliphatic rings. The molecule has 176 valence electrons. The number of ether oxygens (including phenoxy) is 1. The number of amides is 2. The van der Waals surface area contributed by atoms with Gasteiger partial charge in [0.25, 0.3) is 0 Å². The van der Waals surface area contributed by atoms with Crippen LogP contribution in [0.25, 0.3) is 11.1 Å². The number of nitrogens with one attached hydrogen (secondary N) is 1. The number of rotatable bonds is 9. The number of aliphatic carboxylic acids is 1. The summed E-state index contributed by atoms with van der Waals surface area (Å²) in [6.45, 7) is -0.276. The lowest BCUT2D eigenvalue weighted by molar-refractivity contribution is -0.147. The van der Waals surface area contributed by atoms with Gasteiger partial charge in [0, 0.05) is 12.5 Å². The van der Waals surface area contributed by atoms with Gasteiger partial charge in [0.15, 0.2) is 0 Å². The summed E-state index contributed by atoms with van der Waals surface area (Å²) in [5.74, 6) is 0.393. The molecule has 0 heterocycles. The summed E-state index contributed by atoms with van der Waals surface area (Å²) in [5.41, 5.74) is 4.54. The molecule has 1 atom stereocenters. The van der Waals surface area contributed by atoms with Gasteiger partial charge in [-0.15, -0.1) is 6.42 Å². The minimum atomic E-state index is -1.12. The highest BCUT2D eigenvalue weighted by Crippen LogP contribution is 2.44. The van der Waals surface area contributed by atoms with E-state index in [-0.39, 0.29) is 37.4 Å². The van der Waals surface area contributed by atoms with Crippen molar-refractivity contribution in [3.8, 4) is 23.5 Å². The van der Waals surface area contributed by atoms with E-state index >= 15 is 0 Å². The van der Waals surface area contributed by atoms with E-state index in [1.807, 2.05) is 24.3 Å². The van der Waals surface area contributed by atoms with Crippen molar-refractivity contribution in [2.24, 2.45) is 11.8 Å². The summed E-state index contributed by atoms with van der Waals surface area (Å²) in [6, 6.07) is 16.2. The molecular formula is C27H28N2O5. The van der Waals surface area contributed by atoms with Crippen LogP contribution in [0.4, 0.5) is 4.79 Å². The minimum Gasteiger partial charge on any atom is -0.480 e. The standard InChI is InChI=1S/C27H28N2O5/c1-2-14-29(16-25(30)31)26(32)23(18-8-7-9-18)15-28-27(33)34-17-24-21-12-5-3-10-19(21)20-11-4-6-13-22(20)24/h1,3-6,10-13,18,23-24H,7-9,14-17H2,(H,28,33)(H,30,31). The Kier molecular flexibility index (Phi) is 7.17. The van der Waals surface area contributed by atoms with Gasteiger partial charge in [-0.25, -0.2) is 4.79 Å². The molecule has 0 bridgehead atoms. The minimum absolute atomic E-state index is 0.0519. The second-order valence-electron chi connectivity index (χ2n) is 8.80. The van der Waals surface area contributed by atoms with Crippen LogP contribution < -0.4 is 5.32 Å². The van der Waals surface area contributed by atoms with Gasteiger partial charge in [-0.1, -0.05) is 60.9 Å². The molecule has 0 aromatic heterocycles. The first kappa shape index (κ1) is 23.4. The number of fused-ring (bicyclic) bond motifs is 3. The predicted molar refractivity (Wildman–Crippen MR) is 127 cm³/mol. The van der Waals surface area contributed by atoms with Crippen LogP contribution in [0.5, 0.6) is 0 Å². The van der Waals surface area contributed by atoms with Crippen molar-refractivity contribution < 1.29 is 24.2 Å². The van der Waals surface area contributed by atoms with E-state index in [1.54, 1.807) is 0 Å². The van der Waals surface area contributed by atoms with Crippen LogP contribution in [-0.4, -0.2) is 54.2 Å². The quantitative estimate of drug-likeness (QED) is 0.559. The first-order chi connectivity index (χ1) is 16.5. The summed E-state index contributed by atoms with van der Waals surface area (Å²) in [6.07, 6.45) is 7.46. The van der Waals surface area contributed by atoms with Gasteiger partial charge < -0.3 is 20.1 Å². The maximum Gasteiger partial charge on any atom is 0.407 e. The van der Waals surface area contributed by atoms with E-state index in [9.17, 15) is 14.4 Å². The number of hydrogen-bond donors (Lipinski definition) is 2. The van der Waals surface area contributed by atoms with E-state index in [2.05, 4.69) is 35.5 Å². The highest BCUT2D eigenvalue weighted by atomic mass is 16.5. The monoisotopic (exact) mass is 460 g/mol. The molecule has 2 aliphatic carbocycles. The summed E-state index contributed by atoms with van der Waals surface area (Å²) < 4.78 is 5.57. The number of carboxylic acid groups (broad SMARTS) is 1. The molecule has 2 aromatic carbocycles. The molecule has 1 fully saturated rings. The molecule has 0 aliphatic heterocycles. The maximum atomic E-state index is 13.0. The number of terminal acetylenes is 1. The highest BCUT2D eigenvalue weighted by molar-refractivity contribution is 5.84. The lowest BCUT2D eigenvalue weighted by Gasteiger charge is -2.35. The van der Waals surface area contributed by atoms with Crippen molar-refractivity contribution in [3.05, 3.63) is 59.7 Å². The van der Waals surface area contributed by atoms with Gasteiger partial charge in [0.1, 0.15) is 13.2 Å². The third-order valence-corrected chi connectivity index (χ3v) is 6.77. The van der Waals surface area contributed by atoms with Crippen LogP contribution in [0.3, 0.4) is 0 Å². The lowest BCUT2D eigenvalue weighted by Crippen LogP contribution is -2.47. The maximum absolute atomic E-state index is 13.0. The van der Waals surface area contributed by atoms with Crippen molar-refractivity contribution in [1.29, 1.82) is 0 Å². The predicted octanol–water partition coefficient (Wildman–Crippen LogP) is 3.49. The second kappa shape index (κ2) is 10.4. The fourth-order valence-electron chi connectivity index (χ4n) is 4.86. The van der Waals surface area contributed by atoms with Gasteiger partial charge in [0.2, 0.25) is 5.91 Å². The third-order valence-electron chi connectivity index (χ3n) is 6.77. The SMILES string of the molecule is C#CCN(CC(=O)O)C(=O)C(CNC(=O)OCC1c2ccccc2-c2ccccc21)C1CCC1. The van der Waals surface area contributed by atoms with Gasteiger partial charge in [-0.2, -0.15) is 0 Å². The Hall–Kier alpha value is -3.79. The Morgan fingerprint density at radius 2 is 1.71 bits per heavy atom. The van der Waals surface area contributed by atoms with Crippen LogP contribution in [0.2, 0.25) is 0 Å². The number of nitrogens with zero attached hydrogens (tertiary/aromatic N) is 1. The van der Waals surface area contributed by atoms with Crippen LogP contribution in [0.1, 0.15) is 36.3 Å². The van der Waals surface area contributed by atoms with Gasteiger partial charge >= 0.3 is 12.1 Å². The first-order valence-corrected chi connectivity index (χ1v) is 11.5. The van der Waals surface area contributed by atoms with Crippen LogP contribution in [0.15, 0.2) is 48.5 Å². The Balaban J connectivity index is 1.38. The first-order valence-electron chi connectivity index (χ1n) is 11.5. The Bertz CT molecular complexity index is 1070. The average molecular weight is 461 g/mol. The Labute approximate surface area is 199 Å². The van der Waals surface area contributed by atoms with E-state index in [4.69, 9.17) is 16.3 Å². The largest absolute Gasteiger partial charge is 0.480 e. The molecule has 0 radical (unpaired) electrons. The fourth-order valence-corrected chi connectivity index (χ4v) is 4.86. The van der Waals surface area contributed by atoms with E-state index in [0.717, 1.165) is 46.4 Å². The number of carbonyl (C=O) groups excluding carboxylic acids is 2. The van der Waals surface area contributed by atoms with E-state index in [1.165, 1.54) is 0 Å². The van der Waals surface area contributed by atoms with Crippen molar-refractivity contribution in [1.82, 2.24) is 10.2 Å². The summed E-state index contributed by atoms with van der Waals surface area (Å²) in [5, 5.41) is 11.9. The van der Waals surface area contributed by atoms with Crippen molar-refractivity contribution in [2.45, 2.75) is 25.2 Å².